The third kappa shape index (κ3) is 3.03. The minimum atomic E-state index is 0.245. The van der Waals surface area contributed by atoms with Crippen LogP contribution < -0.4 is 5.32 Å². The van der Waals surface area contributed by atoms with Gasteiger partial charge in [0.2, 0.25) is 5.95 Å². The summed E-state index contributed by atoms with van der Waals surface area (Å²) in [4.78, 5) is 22.0. The van der Waals surface area contributed by atoms with Crippen molar-refractivity contribution in [2.24, 2.45) is 13.0 Å². The summed E-state index contributed by atoms with van der Waals surface area (Å²) in [6, 6.07) is 12.7. The zero-order valence-electron chi connectivity index (χ0n) is 20.7. The van der Waals surface area contributed by atoms with Crippen LogP contribution in [-0.4, -0.2) is 25.5 Å². The van der Waals surface area contributed by atoms with E-state index in [0.717, 1.165) is 40.4 Å². The molecule has 0 bridgehead atoms. The van der Waals surface area contributed by atoms with E-state index < -0.39 is 0 Å². The Morgan fingerprint density at radius 2 is 1.89 bits per heavy atom. The standard InChI is InChI=1S/C30H27N5O/c1-16(2)13-21-18-6-5-17(33-30-31-11-4-12-32-30)14-22(18)27-20-8-10-25(36)29(20)28-19(26(21)27)7-9-24-23(28)15-35(3)34-24/h4-7,9,11-12,14-16,21H,8,10,13H2,1-3H3,(H,31,32,33). The largest absolute Gasteiger partial charge is 0.324 e. The van der Waals surface area contributed by atoms with Gasteiger partial charge in [-0.25, -0.2) is 9.97 Å². The number of anilines is 2. The maximum absolute atomic E-state index is 13.4. The second kappa shape index (κ2) is 7.72. The molecule has 1 unspecified atom stereocenters. The van der Waals surface area contributed by atoms with E-state index in [1.165, 1.54) is 33.2 Å². The van der Waals surface area contributed by atoms with Gasteiger partial charge in [-0.3, -0.25) is 9.48 Å². The maximum atomic E-state index is 13.4. The van der Waals surface area contributed by atoms with Gasteiger partial charge in [-0.2, -0.15) is 5.10 Å². The van der Waals surface area contributed by atoms with Crippen LogP contribution in [-0.2, 0) is 13.5 Å². The van der Waals surface area contributed by atoms with E-state index >= 15 is 0 Å². The lowest BCUT2D eigenvalue weighted by molar-refractivity contribution is 0.0996. The van der Waals surface area contributed by atoms with E-state index in [4.69, 9.17) is 0 Å². The van der Waals surface area contributed by atoms with Crippen molar-refractivity contribution in [2.75, 3.05) is 5.32 Å². The average Bonchev–Trinajstić information content (AvgIpc) is 3.52. The van der Waals surface area contributed by atoms with Gasteiger partial charge in [0.05, 0.1) is 5.52 Å². The summed E-state index contributed by atoms with van der Waals surface area (Å²) >= 11 is 0. The molecular formula is C30H27N5O. The monoisotopic (exact) mass is 473 g/mol. The van der Waals surface area contributed by atoms with Crippen LogP contribution in [0.5, 0.6) is 0 Å². The highest BCUT2D eigenvalue weighted by Crippen LogP contribution is 2.55. The number of Topliss-reactive ketones (excluding diaryl/α,β-unsaturated/α-hetero) is 1. The maximum Gasteiger partial charge on any atom is 0.227 e. The van der Waals surface area contributed by atoms with E-state index in [2.05, 4.69) is 70.8 Å². The Morgan fingerprint density at radius 3 is 2.69 bits per heavy atom. The summed E-state index contributed by atoms with van der Waals surface area (Å²) in [5.74, 6) is 1.65. The first-order chi connectivity index (χ1) is 17.5. The second-order valence-corrected chi connectivity index (χ2v) is 10.5. The number of hydrogen-bond donors (Lipinski definition) is 1. The number of rotatable bonds is 4. The Hall–Kier alpha value is -4.06. The van der Waals surface area contributed by atoms with E-state index in [1.54, 1.807) is 12.4 Å². The molecule has 178 valence electrons. The predicted molar refractivity (Wildman–Crippen MR) is 143 cm³/mol. The molecule has 3 aromatic carbocycles. The van der Waals surface area contributed by atoms with Crippen molar-refractivity contribution >= 4 is 39.1 Å². The first-order valence-corrected chi connectivity index (χ1v) is 12.7. The van der Waals surface area contributed by atoms with Crippen LogP contribution in [0.25, 0.3) is 32.8 Å². The quantitative estimate of drug-likeness (QED) is 0.321. The van der Waals surface area contributed by atoms with Gasteiger partial charge in [0.25, 0.3) is 0 Å². The molecule has 0 spiro atoms. The first-order valence-electron chi connectivity index (χ1n) is 12.7. The molecule has 5 aromatic rings. The fourth-order valence-electron chi connectivity index (χ4n) is 6.39. The van der Waals surface area contributed by atoms with Crippen LogP contribution in [0.4, 0.5) is 11.6 Å². The molecule has 1 N–H and O–H groups in total. The van der Waals surface area contributed by atoms with Crippen molar-refractivity contribution in [3.8, 4) is 11.1 Å². The smallest absolute Gasteiger partial charge is 0.227 e. The molecule has 0 aliphatic heterocycles. The molecule has 0 radical (unpaired) electrons. The summed E-state index contributed by atoms with van der Waals surface area (Å²) in [7, 11) is 1.95. The minimum Gasteiger partial charge on any atom is -0.324 e. The number of benzene rings is 3. The SMILES string of the molecule is CC(C)CC1c2ccc(Nc3ncccn3)cc2-c2c3c(c4c(ccc5nn(C)cc54)c21)C(=O)CC3. The number of ketones is 1. The molecule has 2 aliphatic rings. The fourth-order valence-corrected chi connectivity index (χ4v) is 6.39. The van der Waals surface area contributed by atoms with Crippen molar-refractivity contribution < 1.29 is 4.79 Å². The normalized spacial score (nSPS) is 16.1. The zero-order chi connectivity index (χ0) is 24.6. The van der Waals surface area contributed by atoms with Crippen molar-refractivity contribution in [1.29, 1.82) is 0 Å². The highest BCUT2D eigenvalue weighted by Gasteiger charge is 2.38. The summed E-state index contributed by atoms with van der Waals surface area (Å²) < 4.78 is 1.85. The molecular weight excluding hydrogens is 446 g/mol. The predicted octanol–water partition coefficient (Wildman–Crippen LogP) is 6.55. The minimum absolute atomic E-state index is 0.245. The van der Waals surface area contributed by atoms with E-state index in [0.29, 0.717) is 18.3 Å². The lowest BCUT2D eigenvalue weighted by Crippen LogP contribution is -2.04. The molecule has 0 saturated heterocycles. The van der Waals surface area contributed by atoms with Gasteiger partial charge in [-0.1, -0.05) is 26.0 Å². The molecule has 36 heavy (non-hydrogen) atoms. The second-order valence-electron chi connectivity index (χ2n) is 10.5. The lowest BCUT2D eigenvalue weighted by Gasteiger charge is -2.20. The molecule has 7 rings (SSSR count). The van der Waals surface area contributed by atoms with Gasteiger partial charge in [0.1, 0.15) is 0 Å². The van der Waals surface area contributed by atoms with Crippen LogP contribution in [0, 0.1) is 5.92 Å². The third-order valence-corrected chi connectivity index (χ3v) is 7.67. The van der Waals surface area contributed by atoms with E-state index in [9.17, 15) is 4.79 Å². The van der Waals surface area contributed by atoms with Crippen LogP contribution in [0.15, 0.2) is 55.0 Å². The number of carbonyl (C=O) groups excluding carboxylic acids is 1. The van der Waals surface area contributed by atoms with Crippen LogP contribution >= 0.6 is 0 Å². The number of nitrogens with one attached hydrogen (secondary N) is 1. The molecule has 1 atom stereocenters. The van der Waals surface area contributed by atoms with E-state index in [1.807, 2.05) is 17.8 Å². The Balaban J connectivity index is 1.54. The summed E-state index contributed by atoms with van der Waals surface area (Å²) in [5.41, 5.74) is 9.23. The Bertz CT molecular complexity index is 1700. The molecule has 6 heteroatoms. The molecule has 2 aromatic heterocycles. The van der Waals surface area contributed by atoms with Gasteiger partial charge in [-0.15, -0.1) is 0 Å². The molecule has 0 saturated carbocycles. The number of carbonyl (C=O) groups is 1. The van der Waals surface area contributed by atoms with Crippen molar-refractivity contribution in [1.82, 2.24) is 19.7 Å². The van der Waals surface area contributed by atoms with Gasteiger partial charge in [0.15, 0.2) is 5.78 Å². The molecule has 6 nitrogen and oxygen atoms in total. The number of aromatic nitrogens is 4. The van der Waals surface area contributed by atoms with Gasteiger partial charge < -0.3 is 5.32 Å². The van der Waals surface area contributed by atoms with Crippen LogP contribution in [0.1, 0.15) is 59.7 Å². The Labute approximate surface area is 209 Å². The highest BCUT2D eigenvalue weighted by molar-refractivity contribution is 6.23. The number of hydrogen-bond acceptors (Lipinski definition) is 5. The summed E-state index contributed by atoms with van der Waals surface area (Å²) in [6.45, 7) is 4.58. The average molecular weight is 474 g/mol. The summed E-state index contributed by atoms with van der Waals surface area (Å²) in [6.07, 6.45) is 7.95. The van der Waals surface area contributed by atoms with Gasteiger partial charge >= 0.3 is 0 Å². The zero-order valence-corrected chi connectivity index (χ0v) is 20.7. The molecule has 0 fully saturated rings. The van der Waals surface area contributed by atoms with Crippen LogP contribution in [0.3, 0.4) is 0 Å². The first kappa shape index (κ1) is 21.2. The highest BCUT2D eigenvalue weighted by atomic mass is 16.1. The number of aryl methyl sites for hydroxylation is 1. The topological polar surface area (TPSA) is 72.7 Å². The number of fused-ring (bicyclic) bond motifs is 10. The van der Waals surface area contributed by atoms with Crippen molar-refractivity contribution in [3.05, 3.63) is 77.2 Å². The van der Waals surface area contributed by atoms with Gasteiger partial charge in [-0.05, 0) is 76.2 Å². The molecule has 2 heterocycles. The van der Waals surface area contributed by atoms with Crippen molar-refractivity contribution in [2.45, 2.75) is 39.0 Å². The molecule has 2 aliphatic carbocycles. The third-order valence-electron chi connectivity index (χ3n) is 7.67. The van der Waals surface area contributed by atoms with E-state index in [-0.39, 0.29) is 11.7 Å². The Kier molecular flexibility index (Phi) is 4.55. The Morgan fingerprint density at radius 1 is 1.06 bits per heavy atom. The fraction of sp³-hybridized carbons (Fsp3) is 0.267. The van der Waals surface area contributed by atoms with Crippen LogP contribution in [0.2, 0.25) is 0 Å². The van der Waals surface area contributed by atoms with Gasteiger partial charge in [0, 0.05) is 60.0 Å². The van der Waals surface area contributed by atoms with Crippen molar-refractivity contribution in [3.63, 3.8) is 0 Å². The molecule has 0 amide bonds. The summed E-state index contributed by atoms with van der Waals surface area (Å²) in [5, 5.41) is 11.4. The number of nitrogens with zero attached hydrogens (tertiary/aromatic N) is 4. The lowest BCUT2D eigenvalue weighted by atomic mass is 9.83.